The van der Waals surface area contributed by atoms with Gasteiger partial charge in [-0.15, -0.1) is 0 Å². The van der Waals surface area contributed by atoms with Gasteiger partial charge in [0, 0.05) is 18.1 Å². The maximum Gasteiger partial charge on any atom is 0.326 e. The highest BCUT2D eigenvalue weighted by Gasteiger charge is 2.21. The van der Waals surface area contributed by atoms with E-state index in [1.807, 2.05) is 0 Å². The summed E-state index contributed by atoms with van der Waals surface area (Å²) in [5, 5.41) is 20.3. The lowest BCUT2D eigenvalue weighted by molar-refractivity contribution is -0.139. The predicted octanol–water partition coefficient (Wildman–Crippen LogP) is 1.56. The van der Waals surface area contributed by atoms with E-state index < -0.39 is 17.9 Å². The molecule has 0 radical (unpaired) electrons. The van der Waals surface area contributed by atoms with Gasteiger partial charge < -0.3 is 15.5 Å². The molecule has 0 aliphatic carbocycles. The molecule has 0 saturated heterocycles. The molecule has 18 heavy (non-hydrogen) atoms. The minimum Gasteiger partial charge on any atom is -0.480 e. The van der Waals surface area contributed by atoms with Crippen LogP contribution < -0.4 is 5.32 Å². The topological polar surface area (TPSA) is 86.6 Å². The van der Waals surface area contributed by atoms with E-state index in [1.54, 1.807) is 0 Å². The maximum atomic E-state index is 11.8. The third kappa shape index (κ3) is 3.87. The fraction of sp³-hybridized carbons (Fsp3) is 0.273. The van der Waals surface area contributed by atoms with E-state index in [-0.39, 0.29) is 23.6 Å². The van der Waals surface area contributed by atoms with Crippen LogP contribution in [0.25, 0.3) is 0 Å². The van der Waals surface area contributed by atoms with Gasteiger partial charge in [-0.2, -0.15) is 0 Å². The van der Waals surface area contributed by atoms with Crippen molar-refractivity contribution >= 4 is 35.1 Å². The van der Waals surface area contributed by atoms with Crippen molar-refractivity contribution in [2.45, 2.75) is 12.5 Å². The standard InChI is InChI=1S/C11H11Cl2NO4/c12-6-1-2-7(8(13)5-6)10(16)14-9(3-4-15)11(17)18/h1-2,5,9,15H,3-4H2,(H,14,16)(H,17,18)/t9-/m0/s1. The molecule has 0 saturated carbocycles. The summed E-state index contributed by atoms with van der Waals surface area (Å²) in [6, 6.07) is 3.11. The van der Waals surface area contributed by atoms with Crippen molar-refractivity contribution in [2.75, 3.05) is 6.61 Å². The first-order chi connectivity index (χ1) is 8.45. The summed E-state index contributed by atoms with van der Waals surface area (Å²) in [4.78, 5) is 22.6. The second-order valence-electron chi connectivity index (χ2n) is 3.50. The van der Waals surface area contributed by atoms with Crippen LogP contribution in [0.15, 0.2) is 18.2 Å². The molecule has 5 nitrogen and oxygen atoms in total. The number of aliphatic hydroxyl groups excluding tert-OH is 1. The normalized spacial score (nSPS) is 11.9. The van der Waals surface area contributed by atoms with Gasteiger partial charge in [0.25, 0.3) is 5.91 Å². The van der Waals surface area contributed by atoms with Crippen molar-refractivity contribution in [3.05, 3.63) is 33.8 Å². The lowest BCUT2D eigenvalue weighted by Gasteiger charge is -2.13. The van der Waals surface area contributed by atoms with E-state index in [0.29, 0.717) is 5.02 Å². The summed E-state index contributed by atoms with van der Waals surface area (Å²) in [5.41, 5.74) is 0.130. The molecule has 1 aromatic carbocycles. The zero-order valence-corrected chi connectivity index (χ0v) is 10.7. The molecule has 3 N–H and O–H groups in total. The largest absolute Gasteiger partial charge is 0.480 e. The van der Waals surface area contributed by atoms with Crippen LogP contribution in [0, 0.1) is 0 Å². The van der Waals surface area contributed by atoms with Crippen molar-refractivity contribution in [1.82, 2.24) is 5.32 Å². The Hall–Kier alpha value is -1.30. The van der Waals surface area contributed by atoms with Gasteiger partial charge in [-0.3, -0.25) is 4.79 Å². The Morgan fingerprint density at radius 2 is 2.00 bits per heavy atom. The third-order valence-electron chi connectivity index (χ3n) is 2.20. The number of aliphatic carboxylic acids is 1. The molecule has 0 fully saturated rings. The molecule has 98 valence electrons. The minimum atomic E-state index is -1.22. The highest BCUT2D eigenvalue weighted by atomic mass is 35.5. The Kier molecular flexibility index (Phi) is 5.40. The van der Waals surface area contributed by atoms with Crippen molar-refractivity contribution in [3.8, 4) is 0 Å². The Balaban J connectivity index is 2.83. The quantitative estimate of drug-likeness (QED) is 0.768. The first-order valence-corrected chi connectivity index (χ1v) is 5.81. The lowest BCUT2D eigenvalue weighted by atomic mass is 10.1. The van der Waals surface area contributed by atoms with Crippen LogP contribution in [-0.2, 0) is 4.79 Å². The van der Waals surface area contributed by atoms with Crippen LogP contribution in [-0.4, -0.2) is 34.7 Å². The highest BCUT2D eigenvalue weighted by Crippen LogP contribution is 2.20. The van der Waals surface area contributed by atoms with Gasteiger partial charge in [-0.1, -0.05) is 23.2 Å². The van der Waals surface area contributed by atoms with E-state index >= 15 is 0 Å². The molecule has 0 unspecified atom stereocenters. The number of carboxylic acid groups (broad SMARTS) is 1. The number of halogens is 2. The highest BCUT2D eigenvalue weighted by molar-refractivity contribution is 6.36. The number of carbonyl (C=O) groups is 2. The van der Waals surface area contributed by atoms with E-state index in [1.165, 1.54) is 18.2 Å². The fourth-order valence-corrected chi connectivity index (χ4v) is 1.79. The Bertz CT molecular complexity index is 464. The average Bonchev–Trinajstić information content (AvgIpc) is 2.27. The molecule has 7 heteroatoms. The van der Waals surface area contributed by atoms with Crippen LogP contribution in [0.3, 0.4) is 0 Å². The molecular formula is C11H11Cl2NO4. The molecule has 1 aromatic rings. The third-order valence-corrected chi connectivity index (χ3v) is 2.74. The number of amides is 1. The molecule has 0 aromatic heterocycles. The van der Waals surface area contributed by atoms with Crippen molar-refractivity contribution in [1.29, 1.82) is 0 Å². The minimum absolute atomic E-state index is 0.0771. The van der Waals surface area contributed by atoms with Gasteiger partial charge in [-0.25, -0.2) is 4.79 Å². The molecule has 0 spiro atoms. The van der Waals surface area contributed by atoms with Crippen LogP contribution in [0.2, 0.25) is 10.0 Å². The molecule has 0 aliphatic heterocycles. The smallest absolute Gasteiger partial charge is 0.326 e. The molecule has 0 aliphatic rings. The average molecular weight is 292 g/mol. The first-order valence-electron chi connectivity index (χ1n) is 5.05. The van der Waals surface area contributed by atoms with E-state index in [9.17, 15) is 9.59 Å². The molecule has 0 heterocycles. The number of nitrogens with one attached hydrogen (secondary N) is 1. The second kappa shape index (κ2) is 6.58. The van der Waals surface area contributed by atoms with Crippen molar-refractivity contribution in [3.63, 3.8) is 0 Å². The van der Waals surface area contributed by atoms with Crippen LogP contribution in [0.4, 0.5) is 0 Å². The van der Waals surface area contributed by atoms with Gasteiger partial charge in [0.2, 0.25) is 0 Å². The lowest BCUT2D eigenvalue weighted by Crippen LogP contribution is -2.41. The van der Waals surface area contributed by atoms with E-state index in [0.717, 1.165) is 0 Å². The zero-order valence-electron chi connectivity index (χ0n) is 9.19. The zero-order chi connectivity index (χ0) is 13.7. The van der Waals surface area contributed by atoms with Crippen LogP contribution >= 0.6 is 23.2 Å². The number of aliphatic hydroxyl groups is 1. The first kappa shape index (κ1) is 14.8. The molecule has 0 bridgehead atoms. The maximum absolute atomic E-state index is 11.8. The van der Waals surface area contributed by atoms with Gasteiger partial charge in [0.05, 0.1) is 10.6 Å². The fourth-order valence-electron chi connectivity index (χ4n) is 1.30. The Labute approximate surface area is 113 Å². The number of benzene rings is 1. The van der Waals surface area contributed by atoms with E-state index in [4.69, 9.17) is 33.4 Å². The Morgan fingerprint density at radius 3 is 2.50 bits per heavy atom. The SMILES string of the molecule is O=C(N[C@@H](CCO)C(=O)O)c1ccc(Cl)cc1Cl. The summed E-state index contributed by atoms with van der Waals surface area (Å²) in [5.74, 6) is -1.85. The number of carbonyl (C=O) groups excluding carboxylic acids is 1. The number of rotatable bonds is 5. The summed E-state index contributed by atoms with van der Waals surface area (Å²) >= 11 is 11.5. The molecule has 1 amide bonds. The summed E-state index contributed by atoms with van der Waals surface area (Å²) < 4.78 is 0. The summed E-state index contributed by atoms with van der Waals surface area (Å²) in [7, 11) is 0. The van der Waals surface area contributed by atoms with Crippen LogP contribution in [0.1, 0.15) is 16.8 Å². The second-order valence-corrected chi connectivity index (χ2v) is 4.34. The van der Waals surface area contributed by atoms with Gasteiger partial charge in [0.1, 0.15) is 6.04 Å². The number of hydrogen-bond acceptors (Lipinski definition) is 3. The Morgan fingerprint density at radius 1 is 1.33 bits per heavy atom. The number of hydrogen-bond donors (Lipinski definition) is 3. The molecule has 1 atom stereocenters. The van der Waals surface area contributed by atoms with Gasteiger partial charge in [0.15, 0.2) is 0 Å². The summed E-state index contributed by atoms with van der Waals surface area (Å²) in [6.45, 7) is -0.342. The van der Waals surface area contributed by atoms with Crippen LogP contribution in [0.5, 0.6) is 0 Å². The van der Waals surface area contributed by atoms with Gasteiger partial charge in [-0.05, 0) is 18.2 Å². The number of carboxylic acids is 1. The summed E-state index contributed by atoms with van der Waals surface area (Å²) in [6.07, 6.45) is -0.0771. The van der Waals surface area contributed by atoms with E-state index in [2.05, 4.69) is 5.32 Å². The van der Waals surface area contributed by atoms with Gasteiger partial charge >= 0.3 is 5.97 Å². The monoisotopic (exact) mass is 291 g/mol. The van der Waals surface area contributed by atoms with Crippen molar-refractivity contribution < 1.29 is 19.8 Å². The predicted molar refractivity (Wildman–Crippen MR) is 67.1 cm³/mol. The van der Waals surface area contributed by atoms with Crippen molar-refractivity contribution in [2.24, 2.45) is 0 Å². The molecule has 1 rings (SSSR count). The molecular weight excluding hydrogens is 281 g/mol.